The van der Waals surface area contributed by atoms with E-state index in [0.29, 0.717) is 12.2 Å². The fraction of sp³-hybridized carbons (Fsp3) is 0.316. The summed E-state index contributed by atoms with van der Waals surface area (Å²) in [6.45, 7) is 3.39. The fourth-order valence-corrected chi connectivity index (χ4v) is 3.88. The molecule has 1 heterocycles. The van der Waals surface area contributed by atoms with Gasteiger partial charge in [0.05, 0.1) is 11.5 Å². The third kappa shape index (κ3) is 4.03. The van der Waals surface area contributed by atoms with Crippen LogP contribution < -0.4 is 10.0 Å². The van der Waals surface area contributed by atoms with Crippen LogP contribution >= 0.6 is 0 Å². The van der Waals surface area contributed by atoms with Crippen molar-refractivity contribution in [2.24, 2.45) is 0 Å². The molecule has 7 nitrogen and oxygen atoms in total. The molecule has 0 unspecified atom stereocenters. The van der Waals surface area contributed by atoms with E-state index in [0.717, 1.165) is 17.7 Å². The summed E-state index contributed by atoms with van der Waals surface area (Å²) in [5, 5.41) is 12.3. The summed E-state index contributed by atoms with van der Waals surface area (Å²) >= 11 is 0. The number of carbonyl (C=O) groups excluding carboxylic acids is 1. The minimum absolute atomic E-state index is 0.0318. The van der Waals surface area contributed by atoms with Gasteiger partial charge in [-0.05, 0) is 49.4 Å². The van der Waals surface area contributed by atoms with Crippen LogP contribution in [0.4, 0.5) is 5.69 Å². The molecule has 0 saturated heterocycles. The minimum Gasteiger partial charge on any atom is -0.395 e. The zero-order valence-electron chi connectivity index (χ0n) is 15.3. The van der Waals surface area contributed by atoms with Gasteiger partial charge in [-0.3, -0.25) is 9.69 Å². The van der Waals surface area contributed by atoms with Crippen molar-refractivity contribution in [3.05, 3.63) is 59.2 Å². The molecule has 0 saturated carbocycles. The van der Waals surface area contributed by atoms with Gasteiger partial charge >= 0.3 is 0 Å². The Morgan fingerprint density at radius 2 is 1.96 bits per heavy atom. The Balaban J connectivity index is 1.83. The molecule has 0 aromatic heterocycles. The first-order valence-electron chi connectivity index (χ1n) is 8.66. The summed E-state index contributed by atoms with van der Waals surface area (Å²) in [5.41, 5.74) is 3.10. The van der Waals surface area contributed by atoms with Crippen molar-refractivity contribution in [2.75, 3.05) is 19.0 Å². The second-order valence-electron chi connectivity index (χ2n) is 6.57. The van der Waals surface area contributed by atoms with Crippen LogP contribution in [0.2, 0.25) is 0 Å². The van der Waals surface area contributed by atoms with Gasteiger partial charge in [-0.15, -0.1) is 0 Å². The molecule has 1 amide bonds. The Kier molecular flexibility index (Phi) is 5.61. The van der Waals surface area contributed by atoms with Crippen LogP contribution in [0.3, 0.4) is 0 Å². The van der Waals surface area contributed by atoms with E-state index >= 15 is 0 Å². The zero-order chi connectivity index (χ0) is 19.6. The molecule has 8 heteroatoms. The standard InChI is InChI=1S/C19H23N3O4S/c1-13(12-23)22-10-15-6-4-8-18(17(15)11-22)21-19(24)14-5-3-7-16(9-14)27(25,26)20-2/h3-9,13,20,23H,10-12H2,1-2H3,(H,21,24)/t13-/m0/s1. The molecule has 1 atom stereocenters. The topological polar surface area (TPSA) is 98.7 Å². The minimum atomic E-state index is -3.62. The number of amides is 1. The van der Waals surface area contributed by atoms with Crippen LogP contribution in [0.25, 0.3) is 0 Å². The quantitative estimate of drug-likeness (QED) is 0.696. The number of sulfonamides is 1. The van der Waals surface area contributed by atoms with E-state index in [2.05, 4.69) is 14.9 Å². The van der Waals surface area contributed by atoms with Gasteiger partial charge in [0.25, 0.3) is 5.91 Å². The Hall–Kier alpha value is -2.26. The first kappa shape index (κ1) is 19.5. The van der Waals surface area contributed by atoms with Crippen molar-refractivity contribution in [3.8, 4) is 0 Å². The van der Waals surface area contributed by atoms with Gasteiger partial charge < -0.3 is 10.4 Å². The number of nitrogens with zero attached hydrogens (tertiary/aromatic N) is 1. The highest BCUT2D eigenvalue weighted by atomic mass is 32.2. The molecule has 3 N–H and O–H groups in total. The second kappa shape index (κ2) is 7.77. The van der Waals surface area contributed by atoms with E-state index in [1.165, 1.54) is 19.2 Å². The summed E-state index contributed by atoms with van der Waals surface area (Å²) in [4.78, 5) is 14.9. The molecule has 0 bridgehead atoms. The SMILES string of the molecule is CNS(=O)(=O)c1cccc(C(=O)Nc2cccc3c2CN([C@@H](C)CO)C3)c1. The van der Waals surface area contributed by atoms with Gasteiger partial charge in [0.15, 0.2) is 0 Å². The zero-order valence-corrected chi connectivity index (χ0v) is 16.1. The summed E-state index contributed by atoms with van der Waals surface area (Å²) in [5.74, 6) is -0.370. The number of hydrogen-bond donors (Lipinski definition) is 3. The lowest BCUT2D eigenvalue weighted by Crippen LogP contribution is -2.30. The lowest BCUT2D eigenvalue weighted by atomic mass is 10.1. The molecule has 2 aromatic carbocycles. The number of carbonyl (C=O) groups is 1. The smallest absolute Gasteiger partial charge is 0.255 e. The van der Waals surface area contributed by atoms with Crippen LogP contribution in [0.1, 0.15) is 28.4 Å². The number of aliphatic hydroxyl groups is 1. The molecule has 144 valence electrons. The molecular weight excluding hydrogens is 366 g/mol. The Labute approximate surface area is 159 Å². The predicted octanol–water partition coefficient (Wildman–Crippen LogP) is 1.54. The third-order valence-electron chi connectivity index (χ3n) is 4.82. The van der Waals surface area contributed by atoms with E-state index in [9.17, 15) is 18.3 Å². The molecule has 27 heavy (non-hydrogen) atoms. The van der Waals surface area contributed by atoms with Crippen molar-refractivity contribution in [1.29, 1.82) is 0 Å². The summed E-state index contributed by atoms with van der Waals surface area (Å²) in [6.07, 6.45) is 0. The third-order valence-corrected chi connectivity index (χ3v) is 6.23. The number of fused-ring (bicyclic) bond motifs is 1. The van der Waals surface area contributed by atoms with Gasteiger partial charge in [0.2, 0.25) is 10.0 Å². The highest BCUT2D eigenvalue weighted by Gasteiger charge is 2.25. The molecule has 1 aliphatic heterocycles. The van der Waals surface area contributed by atoms with Crippen LogP contribution in [0.15, 0.2) is 47.4 Å². The van der Waals surface area contributed by atoms with Crippen LogP contribution in [-0.4, -0.2) is 44.0 Å². The summed E-state index contributed by atoms with van der Waals surface area (Å²) < 4.78 is 26.1. The molecule has 0 spiro atoms. The van der Waals surface area contributed by atoms with Gasteiger partial charge in [-0.25, -0.2) is 13.1 Å². The van der Waals surface area contributed by atoms with Crippen molar-refractivity contribution >= 4 is 21.6 Å². The first-order valence-corrected chi connectivity index (χ1v) is 10.1. The first-order chi connectivity index (χ1) is 12.9. The van der Waals surface area contributed by atoms with E-state index < -0.39 is 10.0 Å². The lowest BCUT2D eigenvalue weighted by molar-refractivity contribution is 0.102. The van der Waals surface area contributed by atoms with Crippen molar-refractivity contribution in [1.82, 2.24) is 9.62 Å². The van der Waals surface area contributed by atoms with E-state index in [1.54, 1.807) is 12.1 Å². The molecule has 3 rings (SSSR count). The average molecular weight is 389 g/mol. The van der Waals surface area contributed by atoms with Gasteiger partial charge in [-0.1, -0.05) is 18.2 Å². The van der Waals surface area contributed by atoms with Gasteiger partial charge in [0.1, 0.15) is 0 Å². The largest absolute Gasteiger partial charge is 0.395 e. The van der Waals surface area contributed by atoms with Crippen LogP contribution in [0, 0.1) is 0 Å². The van der Waals surface area contributed by atoms with Gasteiger partial charge in [-0.2, -0.15) is 0 Å². The number of aliphatic hydroxyl groups excluding tert-OH is 1. The van der Waals surface area contributed by atoms with E-state index in [4.69, 9.17) is 0 Å². The average Bonchev–Trinajstić information content (AvgIpc) is 3.13. The van der Waals surface area contributed by atoms with Crippen LogP contribution in [-0.2, 0) is 23.1 Å². The molecule has 0 aliphatic carbocycles. The normalized spacial score (nSPS) is 15.4. The Bertz CT molecular complexity index is 959. The maximum absolute atomic E-state index is 12.7. The molecule has 1 aliphatic rings. The number of hydrogen-bond acceptors (Lipinski definition) is 5. The molecule has 0 fully saturated rings. The number of anilines is 1. The summed E-state index contributed by atoms with van der Waals surface area (Å²) in [6, 6.07) is 11.7. The summed E-state index contributed by atoms with van der Waals surface area (Å²) in [7, 11) is -2.29. The number of benzene rings is 2. The highest BCUT2D eigenvalue weighted by molar-refractivity contribution is 7.89. The maximum atomic E-state index is 12.7. The fourth-order valence-electron chi connectivity index (χ4n) is 3.11. The Morgan fingerprint density at radius 3 is 2.67 bits per heavy atom. The second-order valence-corrected chi connectivity index (χ2v) is 8.46. The molecule has 2 aromatic rings. The van der Waals surface area contributed by atoms with Crippen molar-refractivity contribution in [3.63, 3.8) is 0 Å². The number of nitrogens with one attached hydrogen (secondary N) is 2. The molecule has 0 radical (unpaired) electrons. The lowest BCUT2D eigenvalue weighted by Gasteiger charge is -2.21. The maximum Gasteiger partial charge on any atom is 0.255 e. The van der Waals surface area contributed by atoms with Crippen molar-refractivity contribution in [2.45, 2.75) is 31.0 Å². The Morgan fingerprint density at radius 1 is 1.22 bits per heavy atom. The monoisotopic (exact) mass is 389 g/mol. The van der Waals surface area contributed by atoms with Gasteiger partial charge in [0, 0.05) is 30.4 Å². The van der Waals surface area contributed by atoms with Crippen molar-refractivity contribution < 1.29 is 18.3 Å². The van der Waals surface area contributed by atoms with E-state index in [-0.39, 0.29) is 29.0 Å². The van der Waals surface area contributed by atoms with Crippen LogP contribution in [0.5, 0.6) is 0 Å². The van der Waals surface area contributed by atoms with E-state index in [1.807, 2.05) is 25.1 Å². The molecular formula is C19H23N3O4S. The predicted molar refractivity (Wildman–Crippen MR) is 103 cm³/mol. The highest BCUT2D eigenvalue weighted by Crippen LogP contribution is 2.30. The number of rotatable bonds is 6.